The van der Waals surface area contributed by atoms with E-state index in [1.54, 1.807) is 13.2 Å². The number of ether oxygens (including phenoxy) is 1. The summed E-state index contributed by atoms with van der Waals surface area (Å²) in [4.78, 5) is 0. The van der Waals surface area contributed by atoms with Gasteiger partial charge in [0.2, 0.25) is 9.05 Å². The smallest absolute Gasteiger partial charge is 0.232 e. The Labute approximate surface area is 100 Å². The lowest BCUT2D eigenvalue weighted by Crippen LogP contribution is -1.94. The number of allylic oxidation sites excluding steroid dienone is 1. The first-order chi connectivity index (χ1) is 7.53. The average Bonchev–Trinajstić information content (AvgIpc) is 2.23. The van der Waals surface area contributed by atoms with E-state index in [0.29, 0.717) is 6.42 Å². The Morgan fingerprint density at radius 3 is 2.69 bits per heavy atom. The lowest BCUT2D eigenvalue weighted by molar-refractivity contribution is 0.414. The van der Waals surface area contributed by atoms with Crippen molar-refractivity contribution in [3.05, 3.63) is 35.9 Å². The minimum Gasteiger partial charge on any atom is -0.496 e. The standard InChI is InChI=1S/C11H13ClO3S/c1-15-11-8-3-2-6-10(11)7-4-5-9-16(12,13)14/h2-4,6-8H,5,9H2,1H3/b7-4+. The van der Waals surface area contributed by atoms with Crippen molar-refractivity contribution in [1.82, 2.24) is 0 Å². The second kappa shape index (κ2) is 5.92. The Morgan fingerprint density at radius 2 is 2.06 bits per heavy atom. The molecule has 0 N–H and O–H groups in total. The van der Waals surface area contributed by atoms with Gasteiger partial charge in [-0.1, -0.05) is 30.4 Å². The predicted molar refractivity (Wildman–Crippen MR) is 66.3 cm³/mol. The molecule has 3 nitrogen and oxygen atoms in total. The van der Waals surface area contributed by atoms with Crippen molar-refractivity contribution < 1.29 is 13.2 Å². The second-order valence-electron chi connectivity index (χ2n) is 3.18. The number of para-hydroxylation sites is 1. The van der Waals surface area contributed by atoms with Gasteiger partial charge >= 0.3 is 0 Å². The predicted octanol–water partition coefficient (Wildman–Crippen LogP) is 2.67. The van der Waals surface area contributed by atoms with Crippen molar-refractivity contribution >= 4 is 25.8 Å². The average molecular weight is 261 g/mol. The minimum absolute atomic E-state index is 0.0554. The van der Waals surface area contributed by atoms with Gasteiger partial charge in [-0.2, -0.15) is 0 Å². The molecule has 0 aliphatic heterocycles. The van der Waals surface area contributed by atoms with Crippen LogP contribution < -0.4 is 4.74 Å². The summed E-state index contributed by atoms with van der Waals surface area (Å²) in [6.07, 6.45) is 3.97. The molecule has 0 unspecified atom stereocenters. The van der Waals surface area contributed by atoms with Gasteiger partial charge in [-0.25, -0.2) is 8.42 Å². The molecular weight excluding hydrogens is 248 g/mol. The number of methoxy groups -OCH3 is 1. The van der Waals surface area contributed by atoms with E-state index in [2.05, 4.69) is 0 Å². The summed E-state index contributed by atoms with van der Waals surface area (Å²) >= 11 is 0. The molecule has 0 aliphatic carbocycles. The SMILES string of the molecule is COc1ccccc1/C=C/CCS(=O)(=O)Cl. The summed E-state index contributed by atoms with van der Waals surface area (Å²) in [5.41, 5.74) is 0.914. The van der Waals surface area contributed by atoms with Crippen molar-refractivity contribution in [1.29, 1.82) is 0 Å². The highest BCUT2D eigenvalue weighted by Crippen LogP contribution is 2.18. The molecule has 0 spiro atoms. The van der Waals surface area contributed by atoms with Crippen LogP contribution in [0.3, 0.4) is 0 Å². The molecule has 1 aromatic carbocycles. The highest BCUT2D eigenvalue weighted by molar-refractivity contribution is 8.13. The second-order valence-corrected chi connectivity index (χ2v) is 6.07. The van der Waals surface area contributed by atoms with E-state index in [0.717, 1.165) is 11.3 Å². The van der Waals surface area contributed by atoms with Crippen LogP contribution in [0.25, 0.3) is 6.08 Å². The van der Waals surface area contributed by atoms with Crippen LogP contribution in [0.15, 0.2) is 30.3 Å². The first-order valence-electron chi connectivity index (χ1n) is 4.75. The largest absolute Gasteiger partial charge is 0.496 e. The van der Waals surface area contributed by atoms with E-state index in [4.69, 9.17) is 15.4 Å². The third kappa shape index (κ3) is 4.68. The van der Waals surface area contributed by atoms with Crippen LogP contribution in [0.2, 0.25) is 0 Å². The molecule has 0 atom stereocenters. The third-order valence-electron chi connectivity index (χ3n) is 1.96. The Hall–Kier alpha value is -1.00. The van der Waals surface area contributed by atoms with Crippen LogP contribution in [0.1, 0.15) is 12.0 Å². The van der Waals surface area contributed by atoms with Crippen LogP contribution in [-0.4, -0.2) is 21.3 Å². The maximum Gasteiger partial charge on any atom is 0.232 e. The molecule has 0 aromatic heterocycles. The first-order valence-corrected chi connectivity index (χ1v) is 7.22. The van der Waals surface area contributed by atoms with Gasteiger partial charge < -0.3 is 4.74 Å². The molecule has 0 saturated heterocycles. The normalized spacial score (nSPS) is 11.9. The summed E-state index contributed by atoms with van der Waals surface area (Å²) in [7, 11) is 3.28. The maximum atomic E-state index is 10.7. The molecule has 0 radical (unpaired) electrons. The zero-order valence-corrected chi connectivity index (χ0v) is 10.5. The van der Waals surface area contributed by atoms with Gasteiger partial charge in [0.1, 0.15) is 5.75 Å². The lowest BCUT2D eigenvalue weighted by atomic mass is 10.2. The number of halogens is 1. The van der Waals surface area contributed by atoms with Gasteiger partial charge in [0.05, 0.1) is 12.9 Å². The van der Waals surface area contributed by atoms with Crippen LogP contribution in [0, 0.1) is 0 Å². The van der Waals surface area contributed by atoms with E-state index in [1.807, 2.05) is 30.3 Å². The van der Waals surface area contributed by atoms with Gasteiger partial charge in [0, 0.05) is 16.2 Å². The molecule has 0 fully saturated rings. The van der Waals surface area contributed by atoms with E-state index >= 15 is 0 Å². The van der Waals surface area contributed by atoms with Crippen LogP contribution in [-0.2, 0) is 9.05 Å². The van der Waals surface area contributed by atoms with Crippen molar-refractivity contribution in [2.75, 3.05) is 12.9 Å². The maximum absolute atomic E-state index is 10.7. The Morgan fingerprint density at radius 1 is 1.38 bits per heavy atom. The van der Waals surface area contributed by atoms with Crippen molar-refractivity contribution in [3.63, 3.8) is 0 Å². The Bertz CT molecular complexity index is 466. The fourth-order valence-corrected chi connectivity index (χ4v) is 1.91. The molecule has 0 bridgehead atoms. The van der Waals surface area contributed by atoms with E-state index in [9.17, 15) is 8.42 Å². The zero-order chi connectivity index (χ0) is 12.0. The highest BCUT2D eigenvalue weighted by Gasteiger charge is 2.02. The topological polar surface area (TPSA) is 43.4 Å². The number of hydrogen-bond acceptors (Lipinski definition) is 3. The zero-order valence-electron chi connectivity index (χ0n) is 8.89. The molecule has 0 saturated carbocycles. The molecule has 88 valence electrons. The summed E-state index contributed by atoms with van der Waals surface area (Å²) in [5.74, 6) is 0.702. The van der Waals surface area contributed by atoms with Gasteiger partial charge in [0.25, 0.3) is 0 Å². The van der Waals surface area contributed by atoms with Crippen LogP contribution in [0.4, 0.5) is 0 Å². The minimum atomic E-state index is -3.40. The van der Waals surface area contributed by atoms with Crippen molar-refractivity contribution in [3.8, 4) is 5.75 Å². The monoisotopic (exact) mass is 260 g/mol. The van der Waals surface area contributed by atoms with E-state index in [-0.39, 0.29) is 5.75 Å². The third-order valence-corrected chi connectivity index (χ3v) is 3.15. The summed E-state index contributed by atoms with van der Waals surface area (Å²) in [6.45, 7) is 0. The number of hydrogen-bond donors (Lipinski definition) is 0. The molecular formula is C11H13ClO3S. The fraction of sp³-hybridized carbons (Fsp3) is 0.273. The highest BCUT2D eigenvalue weighted by atomic mass is 35.7. The fourth-order valence-electron chi connectivity index (χ4n) is 1.22. The molecule has 1 aromatic rings. The number of rotatable bonds is 5. The summed E-state index contributed by atoms with van der Waals surface area (Å²) in [5, 5.41) is 0. The number of benzene rings is 1. The molecule has 1 rings (SSSR count). The lowest BCUT2D eigenvalue weighted by Gasteiger charge is -2.02. The van der Waals surface area contributed by atoms with Crippen molar-refractivity contribution in [2.45, 2.75) is 6.42 Å². The summed E-state index contributed by atoms with van der Waals surface area (Å²) in [6, 6.07) is 7.50. The molecule has 5 heteroatoms. The van der Waals surface area contributed by atoms with Gasteiger partial charge in [0.15, 0.2) is 0 Å². The molecule has 0 amide bonds. The van der Waals surface area contributed by atoms with E-state index in [1.165, 1.54) is 0 Å². The quantitative estimate of drug-likeness (QED) is 0.765. The Balaban J connectivity index is 2.63. The van der Waals surface area contributed by atoms with Crippen LogP contribution >= 0.6 is 10.7 Å². The first kappa shape index (κ1) is 13.1. The van der Waals surface area contributed by atoms with Crippen LogP contribution in [0.5, 0.6) is 5.75 Å². The van der Waals surface area contributed by atoms with E-state index < -0.39 is 9.05 Å². The molecule has 16 heavy (non-hydrogen) atoms. The molecule has 0 aliphatic rings. The van der Waals surface area contributed by atoms with Gasteiger partial charge in [-0.05, 0) is 12.5 Å². The van der Waals surface area contributed by atoms with Gasteiger partial charge in [-0.3, -0.25) is 0 Å². The Kier molecular flexibility index (Phi) is 4.83. The molecule has 0 heterocycles. The summed E-state index contributed by atoms with van der Waals surface area (Å²) < 4.78 is 26.5. The van der Waals surface area contributed by atoms with Crippen molar-refractivity contribution in [2.24, 2.45) is 0 Å². The van der Waals surface area contributed by atoms with Gasteiger partial charge in [-0.15, -0.1) is 0 Å².